The average Bonchev–Trinajstić information content (AvgIpc) is 2.41. The number of carboxylic acids is 1. The van der Waals surface area contributed by atoms with Gasteiger partial charge in [0.1, 0.15) is 0 Å². The molecule has 0 saturated carbocycles. The van der Waals surface area contributed by atoms with Crippen molar-refractivity contribution in [3.8, 4) is 0 Å². The number of rotatable bonds is 9. The van der Waals surface area contributed by atoms with Crippen molar-refractivity contribution in [3.63, 3.8) is 0 Å². The smallest absolute Gasteiger partial charge is 0.304 e. The van der Waals surface area contributed by atoms with Crippen LogP contribution in [-0.2, 0) is 11.2 Å². The molecule has 0 spiro atoms. The van der Waals surface area contributed by atoms with Gasteiger partial charge in [-0.15, -0.1) is 13.2 Å². The Hall–Kier alpha value is -2.01. The fraction of sp³-hybridized carbons (Fsp3) is 0.312. The highest BCUT2D eigenvalue weighted by Crippen LogP contribution is 2.15. The third-order valence-electron chi connectivity index (χ3n) is 3.11. The van der Waals surface area contributed by atoms with Crippen molar-refractivity contribution in [1.29, 1.82) is 0 Å². The number of benzene rings is 1. The maximum absolute atomic E-state index is 13.3. The lowest BCUT2D eigenvalue weighted by atomic mass is 10.0. The Morgan fingerprint density at radius 1 is 1.24 bits per heavy atom. The summed E-state index contributed by atoms with van der Waals surface area (Å²) in [5.74, 6) is -2.79. The third kappa shape index (κ3) is 5.47. The number of carboxylic acid groups (broad SMARTS) is 1. The van der Waals surface area contributed by atoms with E-state index in [1.54, 1.807) is 12.2 Å². The molecule has 0 bridgehead atoms. The van der Waals surface area contributed by atoms with Crippen LogP contribution in [0.2, 0.25) is 0 Å². The number of halogens is 2. The first-order valence-electron chi connectivity index (χ1n) is 6.59. The first-order chi connectivity index (χ1) is 9.97. The minimum atomic E-state index is -0.944. The van der Waals surface area contributed by atoms with Gasteiger partial charge in [0.05, 0.1) is 6.42 Å². The lowest BCUT2D eigenvalue weighted by Gasteiger charge is -2.29. The zero-order valence-corrected chi connectivity index (χ0v) is 11.8. The Bertz CT molecular complexity index is 507. The SMILES string of the molecule is C=CCN(CC=C)C(CC(=O)O)Cc1ccc(F)c(F)c1. The topological polar surface area (TPSA) is 40.5 Å². The lowest BCUT2D eigenvalue weighted by Crippen LogP contribution is -2.38. The second-order valence-electron chi connectivity index (χ2n) is 4.74. The highest BCUT2D eigenvalue weighted by Gasteiger charge is 2.20. The normalized spacial score (nSPS) is 12.1. The van der Waals surface area contributed by atoms with Crippen molar-refractivity contribution in [1.82, 2.24) is 4.90 Å². The highest BCUT2D eigenvalue weighted by atomic mass is 19.2. The molecule has 0 fully saturated rings. The van der Waals surface area contributed by atoms with E-state index in [0.29, 0.717) is 25.1 Å². The van der Waals surface area contributed by atoms with E-state index < -0.39 is 17.6 Å². The van der Waals surface area contributed by atoms with Crippen molar-refractivity contribution in [2.75, 3.05) is 13.1 Å². The van der Waals surface area contributed by atoms with E-state index >= 15 is 0 Å². The highest BCUT2D eigenvalue weighted by molar-refractivity contribution is 5.67. The molecule has 1 aromatic carbocycles. The van der Waals surface area contributed by atoms with Gasteiger partial charge in [0.15, 0.2) is 11.6 Å². The van der Waals surface area contributed by atoms with Crippen molar-refractivity contribution in [2.45, 2.75) is 18.9 Å². The van der Waals surface area contributed by atoms with E-state index in [1.165, 1.54) is 6.07 Å². The van der Waals surface area contributed by atoms with Gasteiger partial charge in [-0.1, -0.05) is 18.2 Å². The second kappa shape index (κ2) is 8.32. The standard InChI is InChI=1S/C16H19F2NO2/c1-3-7-19(8-4-2)13(11-16(20)21)9-12-5-6-14(17)15(18)10-12/h3-6,10,13H,1-2,7-9,11H2,(H,20,21). The second-order valence-corrected chi connectivity index (χ2v) is 4.74. The van der Waals surface area contributed by atoms with Crippen LogP contribution in [0.1, 0.15) is 12.0 Å². The van der Waals surface area contributed by atoms with E-state index in [0.717, 1.165) is 12.1 Å². The van der Waals surface area contributed by atoms with Crippen LogP contribution < -0.4 is 0 Å². The molecule has 0 heterocycles. The zero-order chi connectivity index (χ0) is 15.8. The van der Waals surface area contributed by atoms with Gasteiger partial charge in [-0.05, 0) is 24.1 Å². The predicted octanol–water partition coefficient (Wildman–Crippen LogP) is 3.02. The molecule has 21 heavy (non-hydrogen) atoms. The Kier molecular flexibility index (Phi) is 6.75. The van der Waals surface area contributed by atoms with Crippen LogP contribution in [0.15, 0.2) is 43.5 Å². The lowest BCUT2D eigenvalue weighted by molar-refractivity contribution is -0.138. The molecule has 0 aliphatic carbocycles. The Morgan fingerprint density at radius 2 is 1.86 bits per heavy atom. The minimum absolute atomic E-state index is 0.0966. The monoisotopic (exact) mass is 295 g/mol. The summed E-state index contributed by atoms with van der Waals surface area (Å²) in [6, 6.07) is 3.27. The largest absolute Gasteiger partial charge is 0.481 e. The molecule has 1 atom stereocenters. The van der Waals surface area contributed by atoms with Gasteiger partial charge >= 0.3 is 5.97 Å². The van der Waals surface area contributed by atoms with E-state index in [4.69, 9.17) is 5.11 Å². The first-order valence-corrected chi connectivity index (χ1v) is 6.59. The number of aliphatic carboxylic acids is 1. The van der Waals surface area contributed by atoms with Crippen LogP contribution >= 0.6 is 0 Å². The molecule has 0 aromatic heterocycles. The van der Waals surface area contributed by atoms with Gasteiger partial charge in [-0.25, -0.2) is 8.78 Å². The summed E-state index contributed by atoms with van der Waals surface area (Å²) in [6.07, 6.45) is 3.55. The molecule has 0 radical (unpaired) electrons. The summed E-state index contributed by atoms with van der Waals surface area (Å²) in [5, 5.41) is 9.03. The summed E-state index contributed by atoms with van der Waals surface area (Å²) in [7, 11) is 0. The Morgan fingerprint density at radius 3 is 2.33 bits per heavy atom. The maximum Gasteiger partial charge on any atom is 0.304 e. The molecule has 1 N–H and O–H groups in total. The van der Waals surface area contributed by atoms with Crippen LogP contribution in [-0.4, -0.2) is 35.1 Å². The summed E-state index contributed by atoms with van der Waals surface area (Å²) in [4.78, 5) is 12.9. The molecule has 0 amide bonds. The predicted molar refractivity (Wildman–Crippen MR) is 78.1 cm³/mol. The maximum atomic E-state index is 13.3. The molecule has 5 heteroatoms. The molecular formula is C16H19F2NO2. The molecule has 114 valence electrons. The number of carbonyl (C=O) groups is 1. The van der Waals surface area contributed by atoms with Crippen LogP contribution in [0.25, 0.3) is 0 Å². The van der Waals surface area contributed by atoms with Gasteiger partial charge in [-0.3, -0.25) is 9.69 Å². The Labute approximate surface area is 123 Å². The summed E-state index contributed by atoms with van der Waals surface area (Å²) in [6.45, 7) is 8.28. The summed E-state index contributed by atoms with van der Waals surface area (Å²) < 4.78 is 26.2. The van der Waals surface area contributed by atoms with Crippen LogP contribution in [0.3, 0.4) is 0 Å². The minimum Gasteiger partial charge on any atom is -0.481 e. The molecular weight excluding hydrogens is 276 g/mol. The molecule has 0 aliphatic heterocycles. The van der Waals surface area contributed by atoms with E-state index in [1.807, 2.05) is 4.90 Å². The fourth-order valence-electron chi connectivity index (χ4n) is 2.17. The van der Waals surface area contributed by atoms with Gasteiger partial charge < -0.3 is 5.11 Å². The van der Waals surface area contributed by atoms with Crippen LogP contribution in [0, 0.1) is 11.6 Å². The first kappa shape index (κ1) is 17.0. The van der Waals surface area contributed by atoms with Crippen molar-refractivity contribution in [2.24, 2.45) is 0 Å². The molecule has 1 aromatic rings. The van der Waals surface area contributed by atoms with Crippen molar-refractivity contribution < 1.29 is 18.7 Å². The zero-order valence-electron chi connectivity index (χ0n) is 11.8. The van der Waals surface area contributed by atoms with Crippen LogP contribution in [0.4, 0.5) is 8.78 Å². The molecule has 1 unspecified atom stereocenters. The van der Waals surface area contributed by atoms with E-state index in [-0.39, 0.29) is 12.5 Å². The Balaban J connectivity index is 2.94. The average molecular weight is 295 g/mol. The number of nitrogens with zero attached hydrogens (tertiary/aromatic N) is 1. The third-order valence-corrected chi connectivity index (χ3v) is 3.11. The van der Waals surface area contributed by atoms with Gasteiger partial charge in [0.2, 0.25) is 0 Å². The molecule has 0 aliphatic rings. The summed E-state index contributed by atoms with van der Waals surface area (Å²) in [5.41, 5.74) is 0.554. The van der Waals surface area contributed by atoms with E-state index in [9.17, 15) is 13.6 Å². The van der Waals surface area contributed by atoms with Gasteiger partial charge in [-0.2, -0.15) is 0 Å². The fourth-order valence-corrected chi connectivity index (χ4v) is 2.17. The van der Waals surface area contributed by atoms with E-state index in [2.05, 4.69) is 13.2 Å². The number of hydrogen-bond donors (Lipinski definition) is 1. The van der Waals surface area contributed by atoms with Crippen molar-refractivity contribution in [3.05, 3.63) is 60.7 Å². The molecule has 1 rings (SSSR count). The van der Waals surface area contributed by atoms with Gasteiger partial charge in [0, 0.05) is 19.1 Å². The van der Waals surface area contributed by atoms with Gasteiger partial charge in [0.25, 0.3) is 0 Å². The van der Waals surface area contributed by atoms with Crippen molar-refractivity contribution >= 4 is 5.97 Å². The molecule has 3 nitrogen and oxygen atoms in total. The quantitative estimate of drug-likeness (QED) is 0.712. The summed E-state index contributed by atoms with van der Waals surface area (Å²) >= 11 is 0. The number of hydrogen-bond acceptors (Lipinski definition) is 2. The van der Waals surface area contributed by atoms with Crippen LogP contribution in [0.5, 0.6) is 0 Å². The molecule has 0 saturated heterocycles.